The second kappa shape index (κ2) is 5.74. The highest BCUT2D eigenvalue weighted by molar-refractivity contribution is 5.95. The largest absolute Gasteiger partial charge is 0.508 e. The molecule has 0 saturated carbocycles. The molecule has 20 heavy (non-hydrogen) atoms. The maximum Gasteiger partial charge on any atom is 0.254 e. The summed E-state index contributed by atoms with van der Waals surface area (Å²) in [5.74, 6) is 0.114. The standard InChI is InChI=1S/C16H18N2O2/c1-11-8-14(19)4-5-15(11)16(20)18(3)10-13-6-7-17-12(2)9-13/h4-9,19H,10H2,1-3H3. The first-order valence-corrected chi connectivity index (χ1v) is 6.44. The maximum absolute atomic E-state index is 12.4. The molecule has 0 fully saturated rings. The average molecular weight is 270 g/mol. The van der Waals surface area contributed by atoms with Gasteiger partial charge in [0.25, 0.3) is 5.91 Å². The van der Waals surface area contributed by atoms with E-state index in [1.807, 2.05) is 26.0 Å². The zero-order chi connectivity index (χ0) is 14.7. The van der Waals surface area contributed by atoms with Crippen molar-refractivity contribution in [1.82, 2.24) is 9.88 Å². The molecule has 0 unspecified atom stereocenters. The Bertz CT molecular complexity index is 638. The van der Waals surface area contributed by atoms with E-state index in [0.29, 0.717) is 12.1 Å². The van der Waals surface area contributed by atoms with Crippen LogP contribution in [0.1, 0.15) is 27.2 Å². The molecule has 0 radical (unpaired) electrons. The first kappa shape index (κ1) is 14.1. The Hall–Kier alpha value is -2.36. The zero-order valence-electron chi connectivity index (χ0n) is 11.9. The van der Waals surface area contributed by atoms with E-state index in [1.165, 1.54) is 6.07 Å². The van der Waals surface area contributed by atoms with Crippen molar-refractivity contribution in [2.75, 3.05) is 7.05 Å². The number of carbonyl (C=O) groups excluding carboxylic acids is 1. The minimum absolute atomic E-state index is 0.0584. The van der Waals surface area contributed by atoms with E-state index < -0.39 is 0 Å². The van der Waals surface area contributed by atoms with Crippen LogP contribution < -0.4 is 0 Å². The van der Waals surface area contributed by atoms with Crippen molar-refractivity contribution < 1.29 is 9.90 Å². The van der Waals surface area contributed by atoms with Crippen LogP contribution in [0.5, 0.6) is 5.75 Å². The fraction of sp³-hybridized carbons (Fsp3) is 0.250. The predicted molar refractivity (Wildman–Crippen MR) is 77.6 cm³/mol. The molecule has 0 aliphatic carbocycles. The number of aromatic nitrogens is 1. The number of aromatic hydroxyl groups is 1. The first-order valence-electron chi connectivity index (χ1n) is 6.44. The molecule has 1 aromatic heterocycles. The number of amides is 1. The van der Waals surface area contributed by atoms with Crippen molar-refractivity contribution >= 4 is 5.91 Å². The summed E-state index contributed by atoms with van der Waals surface area (Å²) in [4.78, 5) is 18.2. The average Bonchev–Trinajstić information content (AvgIpc) is 2.38. The van der Waals surface area contributed by atoms with E-state index in [9.17, 15) is 9.90 Å². The topological polar surface area (TPSA) is 53.4 Å². The van der Waals surface area contributed by atoms with E-state index >= 15 is 0 Å². The van der Waals surface area contributed by atoms with E-state index in [0.717, 1.165) is 16.8 Å². The molecule has 1 heterocycles. The van der Waals surface area contributed by atoms with Crippen LogP contribution in [0.2, 0.25) is 0 Å². The lowest BCUT2D eigenvalue weighted by molar-refractivity contribution is 0.0784. The first-order chi connectivity index (χ1) is 9.47. The molecule has 104 valence electrons. The van der Waals surface area contributed by atoms with Gasteiger partial charge in [0.15, 0.2) is 0 Å². The lowest BCUT2D eigenvalue weighted by Crippen LogP contribution is -2.26. The van der Waals surface area contributed by atoms with Gasteiger partial charge in [-0.15, -0.1) is 0 Å². The molecule has 1 amide bonds. The van der Waals surface area contributed by atoms with Gasteiger partial charge in [0.1, 0.15) is 5.75 Å². The Morgan fingerprint density at radius 2 is 2.00 bits per heavy atom. The minimum Gasteiger partial charge on any atom is -0.508 e. The van der Waals surface area contributed by atoms with Gasteiger partial charge in [0.2, 0.25) is 0 Å². The third kappa shape index (κ3) is 3.15. The van der Waals surface area contributed by atoms with E-state index in [1.54, 1.807) is 30.3 Å². The summed E-state index contributed by atoms with van der Waals surface area (Å²) in [6.07, 6.45) is 1.74. The molecular weight excluding hydrogens is 252 g/mol. The maximum atomic E-state index is 12.4. The van der Waals surface area contributed by atoms with Gasteiger partial charge in [-0.3, -0.25) is 9.78 Å². The lowest BCUT2D eigenvalue weighted by atomic mass is 10.1. The molecule has 2 aromatic rings. The summed E-state index contributed by atoms with van der Waals surface area (Å²) < 4.78 is 0. The van der Waals surface area contributed by atoms with Gasteiger partial charge in [-0.2, -0.15) is 0 Å². The predicted octanol–water partition coefficient (Wildman–Crippen LogP) is 2.68. The molecule has 2 rings (SSSR count). The van der Waals surface area contributed by atoms with Crippen molar-refractivity contribution in [2.24, 2.45) is 0 Å². The molecular formula is C16H18N2O2. The molecule has 1 N–H and O–H groups in total. The number of phenols is 1. The molecule has 0 aliphatic heterocycles. The summed E-state index contributed by atoms with van der Waals surface area (Å²) in [5.41, 5.74) is 3.36. The van der Waals surface area contributed by atoms with Crippen LogP contribution in [0.3, 0.4) is 0 Å². The lowest BCUT2D eigenvalue weighted by Gasteiger charge is -2.18. The smallest absolute Gasteiger partial charge is 0.254 e. The molecule has 4 nitrogen and oxygen atoms in total. The Balaban J connectivity index is 2.16. The van der Waals surface area contributed by atoms with E-state index in [-0.39, 0.29) is 11.7 Å². The fourth-order valence-electron chi connectivity index (χ4n) is 2.14. The number of pyridine rings is 1. The molecule has 4 heteroatoms. The number of aryl methyl sites for hydroxylation is 2. The van der Waals surface area contributed by atoms with Crippen molar-refractivity contribution in [1.29, 1.82) is 0 Å². The van der Waals surface area contributed by atoms with Crippen LogP contribution in [0.15, 0.2) is 36.5 Å². The molecule has 0 atom stereocenters. The summed E-state index contributed by atoms with van der Waals surface area (Å²) >= 11 is 0. The minimum atomic E-state index is -0.0584. The van der Waals surface area contributed by atoms with Crippen LogP contribution >= 0.6 is 0 Å². The van der Waals surface area contributed by atoms with Crippen LogP contribution in [0, 0.1) is 13.8 Å². The number of phenolic OH excluding ortho intramolecular Hbond substituents is 1. The van der Waals surface area contributed by atoms with Gasteiger partial charge in [-0.1, -0.05) is 0 Å². The molecule has 0 spiro atoms. The number of hydrogen-bond donors (Lipinski definition) is 1. The van der Waals surface area contributed by atoms with Gasteiger partial charge in [0.05, 0.1) is 0 Å². The molecule has 0 saturated heterocycles. The number of benzene rings is 1. The van der Waals surface area contributed by atoms with E-state index in [2.05, 4.69) is 4.98 Å². The van der Waals surface area contributed by atoms with Crippen molar-refractivity contribution in [3.63, 3.8) is 0 Å². The Morgan fingerprint density at radius 1 is 1.25 bits per heavy atom. The highest BCUT2D eigenvalue weighted by Crippen LogP contribution is 2.17. The second-order valence-corrected chi connectivity index (χ2v) is 4.97. The number of hydrogen-bond acceptors (Lipinski definition) is 3. The molecule has 0 bridgehead atoms. The van der Waals surface area contributed by atoms with Gasteiger partial charge >= 0.3 is 0 Å². The molecule has 0 aliphatic rings. The van der Waals surface area contributed by atoms with Crippen LogP contribution in [0.25, 0.3) is 0 Å². The number of nitrogens with zero attached hydrogens (tertiary/aromatic N) is 2. The van der Waals surface area contributed by atoms with Gasteiger partial charge < -0.3 is 10.0 Å². The third-order valence-electron chi connectivity index (χ3n) is 3.17. The highest BCUT2D eigenvalue weighted by Gasteiger charge is 2.14. The van der Waals surface area contributed by atoms with Gasteiger partial charge in [-0.25, -0.2) is 0 Å². The van der Waals surface area contributed by atoms with Crippen LogP contribution in [-0.2, 0) is 6.54 Å². The summed E-state index contributed by atoms with van der Waals surface area (Å²) in [7, 11) is 1.77. The monoisotopic (exact) mass is 270 g/mol. The summed E-state index contributed by atoms with van der Waals surface area (Å²) in [6, 6.07) is 8.65. The third-order valence-corrected chi connectivity index (χ3v) is 3.17. The normalized spacial score (nSPS) is 10.3. The summed E-state index contributed by atoms with van der Waals surface area (Å²) in [6.45, 7) is 4.27. The van der Waals surface area contributed by atoms with Crippen LogP contribution in [0.4, 0.5) is 0 Å². The van der Waals surface area contributed by atoms with Crippen LogP contribution in [-0.4, -0.2) is 27.9 Å². The quantitative estimate of drug-likeness (QED) is 0.933. The Labute approximate surface area is 118 Å². The van der Waals surface area contributed by atoms with Crippen molar-refractivity contribution in [2.45, 2.75) is 20.4 Å². The SMILES string of the molecule is Cc1cc(CN(C)C(=O)c2ccc(O)cc2C)ccn1. The number of rotatable bonds is 3. The van der Waals surface area contributed by atoms with Crippen molar-refractivity contribution in [3.8, 4) is 5.75 Å². The van der Waals surface area contributed by atoms with E-state index in [4.69, 9.17) is 0 Å². The zero-order valence-corrected chi connectivity index (χ0v) is 11.9. The van der Waals surface area contributed by atoms with Crippen molar-refractivity contribution in [3.05, 3.63) is 58.9 Å². The fourth-order valence-corrected chi connectivity index (χ4v) is 2.14. The summed E-state index contributed by atoms with van der Waals surface area (Å²) in [5, 5.41) is 9.39. The Morgan fingerprint density at radius 3 is 2.65 bits per heavy atom. The number of carbonyl (C=O) groups is 1. The second-order valence-electron chi connectivity index (χ2n) is 4.97. The highest BCUT2D eigenvalue weighted by atomic mass is 16.3. The van der Waals surface area contributed by atoms with Gasteiger partial charge in [-0.05, 0) is 55.3 Å². The molecule has 1 aromatic carbocycles. The Kier molecular flexibility index (Phi) is 4.03. The van der Waals surface area contributed by atoms with Gasteiger partial charge in [0, 0.05) is 31.0 Å².